The fraction of sp³-hybridized carbons (Fsp3) is 0.286. The maximum Gasteiger partial charge on any atom is 0.407 e. The number of halogens is 1. The number of nitrogens with one attached hydrogen (secondary N) is 1. The van der Waals surface area contributed by atoms with E-state index in [9.17, 15) is 4.79 Å². The molecule has 1 N–H and O–H groups in total. The van der Waals surface area contributed by atoms with Crippen molar-refractivity contribution in [1.82, 2.24) is 5.32 Å². The Morgan fingerprint density at radius 2 is 2.42 bits per heavy atom. The normalized spacial score (nSPS) is 22.1. The van der Waals surface area contributed by atoms with Gasteiger partial charge in [0.25, 0.3) is 0 Å². The Labute approximate surface area is 73.4 Å². The van der Waals surface area contributed by atoms with Crippen LogP contribution in [0.1, 0.15) is 11.8 Å². The van der Waals surface area contributed by atoms with Crippen molar-refractivity contribution in [1.29, 1.82) is 0 Å². The Balaban J connectivity index is 2.15. The Bertz CT molecular complexity index is 309. The van der Waals surface area contributed by atoms with Gasteiger partial charge < -0.3 is 14.5 Å². The van der Waals surface area contributed by atoms with Crippen LogP contribution in [0, 0.1) is 0 Å². The molecule has 0 radical (unpaired) electrons. The number of hydrogen-bond acceptors (Lipinski definition) is 3. The van der Waals surface area contributed by atoms with E-state index < -0.39 is 6.09 Å². The monoisotopic (exact) mass is 187 g/mol. The van der Waals surface area contributed by atoms with Gasteiger partial charge in [-0.2, -0.15) is 0 Å². The van der Waals surface area contributed by atoms with Gasteiger partial charge >= 0.3 is 6.09 Å². The zero-order chi connectivity index (χ0) is 8.55. The van der Waals surface area contributed by atoms with Crippen molar-refractivity contribution in [3.63, 3.8) is 0 Å². The van der Waals surface area contributed by atoms with Crippen LogP contribution in [0.25, 0.3) is 0 Å². The molecule has 1 saturated heterocycles. The van der Waals surface area contributed by atoms with Crippen molar-refractivity contribution in [3.8, 4) is 0 Å². The molecular formula is C7H6ClNO3. The predicted molar refractivity (Wildman–Crippen MR) is 40.9 cm³/mol. The van der Waals surface area contributed by atoms with Crippen LogP contribution in [0.5, 0.6) is 0 Å². The molecule has 2 rings (SSSR count). The first kappa shape index (κ1) is 7.49. The van der Waals surface area contributed by atoms with Gasteiger partial charge in [-0.15, -0.1) is 0 Å². The maximum absolute atomic E-state index is 10.6. The summed E-state index contributed by atoms with van der Waals surface area (Å²) in [6.07, 6.45) is -0.424. The average Bonchev–Trinajstić information content (AvgIpc) is 2.58. The molecule has 2 heterocycles. The molecule has 1 aromatic heterocycles. The first-order chi connectivity index (χ1) is 5.75. The van der Waals surface area contributed by atoms with Gasteiger partial charge in [0.05, 0.1) is 0 Å². The van der Waals surface area contributed by atoms with Crippen LogP contribution in [0.15, 0.2) is 16.5 Å². The summed E-state index contributed by atoms with van der Waals surface area (Å²) < 4.78 is 9.76. The number of carbonyl (C=O) groups excluding carboxylic acids is 1. The quantitative estimate of drug-likeness (QED) is 0.728. The van der Waals surface area contributed by atoms with Crippen molar-refractivity contribution in [2.24, 2.45) is 0 Å². The number of cyclic esters (lactones) is 1. The predicted octanol–water partition coefficient (Wildman–Crippen LogP) is 1.71. The summed E-state index contributed by atoms with van der Waals surface area (Å²) >= 11 is 5.56. The fourth-order valence-corrected chi connectivity index (χ4v) is 1.21. The lowest BCUT2D eigenvalue weighted by Gasteiger charge is -2.00. The summed E-state index contributed by atoms with van der Waals surface area (Å²) in [4.78, 5) is 10.6. The lowest BCUT2D eigenvalue weighted by Crippen LogP contribution is -2.17. The summed E-state index contributed by atoms with van der Waals surface area (Å²) in [5, 5.41) is 2.88. The van der Waals surface area contributed by atoms with E-state index >= 15 is 0 Å². The maximum atomic E-state index is 10.6. The highest BCUT2D eigenvalue weighted by Crippen LogP contribution is 2.22. The van der Waals surface area contributed by atoms with Crippen LogP contribution < -0.4 is 5.32 Å². The van der Waals surface area contributed by atoms with Crippen LogP contribution in [-0.4, -0.2) is 12.7 Å². The Morgan fingerprint density at radius 3 is 2.92 bits per heavy atom. The minimum absolute atomic E-state index is 0.204. The second-order valence-electron chi connectivity index (χ2n) is 2.44. The summed E-state index contributed by atoms with van der Waals surface area (Å²) in [5.74, 6) is 0.617. The second kappa shape index (κ2) is 2.71. The SMILES string of the molecule is O=C1N[C@H](c2ccc(Cl)o2)CO1. The third kappa shape index (κ3) is 1.25. The molecular weight excluding hydrogens is 182 g/mol. The molecule has 12 heavy (non-hydrogen) atoms. The van der Waals surface area contributed by atoms with E-state index in [1.807, 2.05) is 0 Å². The first-order valence-corrected chi connectivity index (χ1v) is 3.82. The number of furan rings is 1. The molecule has 0 aromatic carbocycles. The first-order valence-electron chi connectivity index (χ1n) is 3.44. The highest BCUT2D eigenvalue weighted by Gasteiger charge is 2.26. The Kier molecular flexibility index (Phi) is 1.69. The molecule has 1 aliphatic rings. The van der Waals surface area contributed by atoms with Crippen LogP contribution >= 0.6 is 11.6 Å². The summed E-state index contributed by atoms with van der Waals surface area (Å²) in [6.45, 7) is 0.294. The number of ether oxygens (including phenoxy) is 1. The van der Waals surface area contributed by atoms with Crippen molar-refractivity contribution in [2.75, 3.05) is 6.61 Å². The second-order valence-corrected chi connectivity index (χ2v) is 2.81. The van der Waals surface area contributed by atoms with Crippen molar-refractivity contribution < 1.29 is 13.9 Å². The van der Waals surface area contributed by atoms with E-state index in [4.69, 9.17) is 16.0 Å². The van der Waals surface area contributed by atoms with E-state index in [0.29, 0.717) is 17.6 Å². The largest absolute Gasteiger partial charge is 0.447 e. The van der Waals surface area contributed by atoms with Gasteiger partial charge in [0, 0.05) is 0 Å². The topological polar surface area (TPSA) is 51.5 Å². The molecule has 0 saturated carbocycles. The minimum atomic E-state index is -0.424. The van der Waals surface area contributed by atoms with E-state index in [2.05, 4.69) is 10.1 Å². The zero-order valence-electron chi connectivity index (χ0n) is 6.04. The molecule has 0 bridgehead atoms. The molecule has 0 unspecified atom stereocenters. The van der Waals surface area contributed by atoms with Gasteiger partial charge in [-0.3, -0.25) is 0 Å². The highest BCUT2D eigenvalue weighted by atomic mass is 35.5. The zero-order valence-corrected chi connectivity index (χ0v) is 6.80. The smallest absolute Gasteiger partial charge is 0.407 e. The molecule has 1 fully saturated rings. The van der Waals surface area contributed by atoms with Crippen LogP contribution in [0.2, 0.25) is 5.22 Å². The number of hydrogen-bond donors (Lipinski definition) is 1. The summed E-state index contributed by atoms with van der Waals surface area (Å²) in [7, 11) is 0. The Morgan fingerprint density at radius 1 is 1.58 bits per heavy atom. The fourth-order valence-electron chi connectivity index (χ4n) is 1.05. The van der Waals surface area contributed by atoms with Gasteiger partial charge in [-0.05, 0) is 23.7 Å². The van der Waals surface area contributed by atoms with E-state index in [1.165, 1.54) is 0 Å². The molecule has 1 aromatic rings. The number of amides is 1. The third-order valence-corrected chi connectivity index (χ3v) is 1.81. The molecule has 1 amide bonds. The molecule has 0 spiro atoms. The van der Waals surface area contributed by atoms with Gasteiger partial charge in [-0.25, -0.2) is 4.79 Å². The van der Waals surface area contributed by atoms with Crippen LogP contribution in [0.4, 0.5) is 4.79 Å². The summed E-state index contributed by atoms with van der Waals surface area (Å²) in [5.41, 5.74) is 0. The lowest BCUT2D eigenvalue weighted by molar-refractivity contribution is 0.176. The van der Waals surface area contributed by atoms with Gasteiger partial charge in [0.1, 0.15) is 18.4 Å². The third-order valence-electron chi connectivity index (χ3n) is 1.61. The molecule has 0 aliphatic carbocycles. The number of carbonyl (C=O) groups is 1. The number of rotatable bonds is 1. The van der Waals surface area contributed by atoms with Gasteiger partial charge in [0.15, 0.2) is 5.22 Å². The number of alkyl carbamates (subject to hydrolysis) is 1. The minimum Gasteiger partial charge on any atom is -0.447 e. The van der Waals surface area contributed by atoms with Gasteiger partial charge in [0.2, 0.25) is 0 Å². The van der Waals surface area contributed by atoms with Crippen molar-refractivity contribution >= 4 is 17.7 Å². The Hall–Kier alpha value is -1.16. The van der Waals surface area contributed by atoms with Crippen LogP contribution in [0.3, 0.4) is 0 Å². The van der Waals surface area contributed by atoms with Crippen molar-refractivity contribution in [3.05, 3.63) is 23.1 Å². The van der Waals surface area contributed by atoms with E-state index in [0.717, 1.165) is 0 Å². The van der Waals surface area contributed by atoms with Crippen molar-refractivity contribution in [2.45, 2.75) is 6.04 Å². The van der Waals surface area contributed by atoms with Crippen LogP contribution in [-0.2, 0) is 4.74 Å². The standard InChI is InChI=1S/C7H6ClNO3/c8-6-2-1-5(12-6)4-3-11-7(10)9-4/h1-2,4H,3H2,(H,9,10)/t4-/m0/s1. The summed E-state index contributed by atoms with van der Waals surface area (Å²) in [6, 6.07) is 3.13. The molecule has 64 valence electrons. The molecule has 4 nitrogen and oxygen atoms in total. The molecule has 5 heteroatoms. The van der Waals surface area contributed by atoms with Gasteiger partial charge in [-0.1, -0.05) is 0 Å². The van der Waals surface area contributed by atoms with E-state index in [-0.39, 0.29) is 6.04 Å². The lowest BCUT2D eigenvalue weighted by atomic mass is 10.2. The van der Waals surface area contributed by atoms with E-state index in [1.54, 1.807) is 12.1 Å². The highest BCUT2D eigenvalue weighted by molar-refractivity contribution is 6.28. The molecule has 1 atom stereocenters. The average molecular weight is 188 g/mol. The molecule has 1 aliphatic heterocycles.